The number of nitrogens with one attached hydrogen (secondary N) is 1. The molecular formula is C16H26N2O. The van der Waals surface area contributed by atoms with E-state index in [1.807, 2.05) is 37.1 Å². The summed E-state index contributed by atoms with van der Waals surface area (Å²) in [6.07, 6.45) is 0. The van der Waals surface area contributed by atoms with Crippen LogP contribution in [0, 0.1) is 11.8 Å². The van der Waals surface area contributed by atoms with Crippen molar-refractivity contribution in [1.82, 2.24) is 10.2 Å². The van der Waals surface area contributed by atoms with Crippen molar-refractivity contribution in [2.75, 3.05) is 20.1 Å². The molecule has 0 radical (unpaired) electrons. The number of hydrogen-bond donors (Lipinski definition) is 1. The Morgan fingerprint density at radius 3 is 2.37 bits per heavy atom. The molecule has 0 heterocycles. The van der Waals surface area contributed by atoms with Gasteiger partial charge >= 0.3 is 0 Å². The number of nitrogens with zero attached hydrogens (tertiary/aromatic N) is 1. The topological polar surface area (TPSA) is 32.3 Å². The standard InChI is InChI=1S/C16H26N2O/c1-5-18(12-14-9-7-6-8-10-14)16(19)15(11-17-4)13(2)3/h6-10,13,15,17H,5,11-12H2,1-4H3. The van der Waals surface area contributed by atoms with E-state index < -0.39 is 0 Å². The maximum Gasteiger partial charge on any atom is 0.227 e. The zero-order chi connectivity index (χ0) is 14.3. The van der Waals surface area contributed by atoms with Crippen LogP contribution in [0.15, 0.2) is 30.3 Å². The average Bonchev–Trinajstić information content (AvgIpc) is 2.42. The lowest BCUT2D eigenvalue weighted by atomic mass is 9.94. The molecule has 1 aromatic rings. The van der Waals surface area contributed by atoms with Crippen LogP contribution in [0.1, 0.15) is 26.3 Å². The van der Waals surface area contributed by atoms with E-state index in [0.717, 1.165) is 13.1 Å². The third-order valence-electron chi connectivity index (χ3n) is 3.46. The summed E-state index contributed by atoms with van der Waals surface area (Å²) in [5.74, 6) is 0.647. The van der Waals surface area contributed by atoms with Gasteiger partial charge < -0.3 is 10.2 Å². The first-order chi connectivity index (χ1) is 9.10. The fourth-order valence-electron chi connectivity index (χ4n) is 2.21. The van der Waals surface area contributed by atoms with E-state index >= 15 is 0 Å². The molecule has 0 aliphatic carbocycles. The van der Waals surface area contributed by atoms with Gasteiger partial charge in [0, 0.05) is 19.6 Å². The molecule has 106 valence electrons. The first-order valence-corrected chi connectivity index (χ1v) is 7.07. The Morgan fingerprint density at radius 1 is 1.26 bits per heavy atom. The Bertz CT molecular complexity index is 376. The summed E-state index contributed by atoms with van der Waals surface area (Å²) in [4.78, 5) is 14.5. The molecule has 3 heteroatoms. The van der Waals surface area contributed by atoms with Crippen LogP contribution in [0.3, 0.4) is 0 Å². The van der Waals surface area contributed by atoms with Gasteiger partial charge in [0.1, 0.15) is 0 Å². The normalized spacial score (nSPS) is 12.5. The molecule has 0 saturated heterocycles. The number of amides is 1. The molecule has 0 aliphatic heterocycles. The Balaban J connectivity index is 2.75. The van der Waals surface area contributed by atoms with Crippen LogP contribution in [-0.2, 0) is 11.3 Å². The molecule has 1 aromatic carbocycles. The van der Waals surface area contributed by atoms with Gasteiger partial charge in [-0.1, -0.05) is 44.2 Å². The van der Waals surface area contributed by atoms with Crippen molar-refractivity contribution in [3.63, 3.8) is 0 Å². The second-order valence-corrected chi connectivity index (χ2v) is 5.25. The lowest BCUT2D eigenvalue weighted by Gasteiger charge is -2.28. The van der Waals surface area contributed by atoms with Crippen LogP contribution in [0.5, 0.6) is 0 Å². The highest BCUT2D eigenvalue weighted by Gasteiger charge is 2.25. The molecular weight excluding hydrogens is 236 g/mol. The number of rotatable bonds is 7. The van der Waals surface area contributed by atoms with Gasteiger partial charge in [-0.3, -0.25) is 4.79 Å². The van der Waals surface area contributed by atoms with Crippen molar-refractivity contribution in [3.05, 3.63) is 35.9 Å². The second-order valence-electron chi connectivity index (χ2n) is 5.25. The van der Waals surface area contributed by atoms with Gasteiger partial charge in [-0.25, -0.2) is 0 Å². The fraction of sp³-hybridized carbons (Fsp3) is 0.562. The molecule has 0 aliphatic rings. The van der Waals surface area contributed by atoms with Gasteiger partial charge in [-0.05, 0) is 25.5 Å². The predicted molar refractivity (Wildman–Crippen MR) is 79.8 cm³/mol. The maximum atomic E-state index is 12.6. The van der Waals surface area contributed by atoms with Gasteiger partial charge in [-0.15, -0.1) is 0 Å². The van der Waals surface area contributed by atoms with Gasteiger partial charge in [0.15, 0.2) is 0 Å². The smallest absolute Gasteiger partial charge is 0.227 e. The van der Waals surface area contributed by atoms with Gasteiger partial charge in [0.2, 0.25) is 5.91 Å². The summed E-state index contributed by atoms with van der Waals surface area (Å²) in [5.41, 5.74) is 1.18. The Morgan fingerprint density at radius 2 is 1.89 bits per heavy atom. The van der Waals surface area contributed by atoms with Crippen molar-refractivity contribution in [1.29, 1.82) is 0 Å². The first-order valence-electron chi connectivity index (χ1n) is 7.07. The van der Waals surface area contributed by atoms with Crippen LogP contribution in [0.25, 0.3) is 0 Å². The van der Waals surface area contributed by atoms with E-state index in [2.05, 4.69) is 31.3 Å². The zero-order valence-electron chi connectivity index (χ0n) is 12.5. The van der Waals surface area contributed by atoms with Crippen LogP contribution < -0.4 is 5.32 Å². The quantitative estimate of drug-likeness (QED) is 0.819. The molecule has 3 nitrogen and oxygen atoms in total. The third-order valence-corrected chi connectivity index (χ3v) is 3.46. The maximum absolute atomic E-state index is 12.6. The Labute approximate surface area is 117 Å². The molecule has 0 fully saturated rings. The first kappa shape index (κ1) is 15.7. The zero-order valence-corrected chi connectivity index (χ0v) is 12.5. The minimum atomic E-state index is 0.0497. The summed E-state index contributed by atoms with van der Waals surface area (Å²) in [6.45, 7) is 8.44. The summed E-state index contributed by atoms with van der Waals surface area (Å²) in [5, 5.41) is 3.13. The Hall–Kier alpha value is -1.35. The van der Waals surface area contributed by atoms with E-state index in [-0.39, 0.29) is 11.8 Å². The molecule has 0 aromatic heterocycles. The van der Waals surface area contributed by atoms with E-state index in [1.54, 1.807) is 0 Å². The molecule has 1 unspecified atom stereocenters. The van der Waals surface area contributed by atoms with E-state index in [0.29, 0.717) is 12.5 Å². The third kappa shape index (κ3) is 4.67. The Kier molecular flexibility index (Phi) is 6.57. The molecule has 1 rings (SSSR count). The summed E-state index contributed by atoms with van der Waals surface area (Å²) in [6, 6.07) is 10.2. The molecule has 1 amide bonds. The van der Waals surface area contributed by atoms with Gasteiger partial charge in [-0.2, -0.15) is 0 Å². The fourth-order valence-corrected chi connectivity index (χ4v) is 2.21. The van der Waals surface area contributed by atoms with Crippen LogP contribution in [0.4, 0.5) is 0 Å². The SMILES string of the molecule is CCN(Cc1ccccc1)C(=O)C(CNC)C(C)C. The van der Waals surface area contributed by atoms with Crippen molar-refractivity contribution in [2.45, 2.75) is 27.3 Å². The summed E-state index contributed by atoms with van der Waals surface area (Å²) in [7, 11) is 1.90. The average molecular weight is 262 g/mol. The lowest BCUT2D eigenvalue weighted by Crippen LogP contribution is -2.41. The van der Waals surface area contributed by atoms with Crippen LogP contribution in [0.2, 0.25) is 0 Å². The van der Waals surface area contributed by atoms with E-state index in [9.17, 15) is 4.79 Å². The number of carbonyl (C=O) groups excluding carboxylic acids is 1. The second kappa shape index (κ2) is 7.95. The minimum Gasteiger partial charge on any atom is -0.338 e. The van der Waals surface area contributed by atoms with Crippen molar-refractivity contribution in [2.24, 2.45) is 11.8 Å². The number of carbonyl (C=O) groups is 1. The number of benzene rings is 1. The van der Waals surface area contributed by atoms with Gasteiger partial charge in [0.05, 0.1) is 5.92 Å². The largest absolute Gasteiger partial charge is 0.338 e. The van der Waals surface area contributed by atoms with Gasteiger partial charge in [0.25, 0.3) is 0 Å². The molecule has 1 atom stereocenters. The summed E-state index contributed by atoms with van der Waals surface area (Å²) >= 11 is 0. The van der Waals surface area contributed by atoms with Crippen molar-refractivity contribution >= 4 is 5.91 Å². The monoisotopic (exact) mass is 262 g/mol. The van der Waals surface area contributed by atoms with Crippen molar-refractivity contribution < 1.29 is 4.79 Å². The molecule has 0 spiro atoms. The van der Waals surface area contributed by atoms with Crippen molar-refractivity contribution in [3.8, 4) is 0 Å². The van der Waals surface area contributed by atoms with Crippen LogP contribution in [-0.4, -0.2) is 30.9 Å². The summed E-state index contributed by atoms with van der Waals surface area (Å²) < 4.78 is 0. The molecule has 0 saturated carbocycles. The van der Waals surface area contributed by atoms with Crippen LogP contribution >= 0.6 is 0 Å². The van der Waals surface area contributed by atoms with E-state index in [1.165, 1.54) is 5.56 Å². The lowest BCUT2D eigenvalue weighted by molar-refractivity contribution is -0.137. The minimum absolute atomic E-state index is 0.0497. The van der Waals surface area contributed by atoms with E-state index in [4.69, 9.17) is 0 Å². The molecule has 0 bridgehead atoms. The number of hydrogen-bond acceptors (Lipinski definition) is 2. The highest BCUT2D eigenvalue weighted by Crippen LogP contribution is 2.15. The molecule has 19 heavy (non-hydrogen) atoms. The predicted octanol–water partition coefficient (Wildman–Crippen LogP) is 2.53. The molecule has 1 N–H and O–H groups in total. The highest BCUT2D eigenvalue weighted by molar-refractivity contribution is 5.79. The highest BCUT2D eigenvalue weighted by atomic mass is 16.2.